The Morgan fingerprint density at radius 1 is 1.53 bits per heavy atom. The van der Waals surface area contributed by atoms with Crippen LogP contribution >= 0.6 is 38.5 Å². The molecule has 1 aromatic rings. The lowest BCUT2D eigenvalue weighted by molar-refractivity contribution is -0.145. The van der Waals surface area contributed by atoms with Gasteiger partial charge in [0, 0.05) is 4.47 Å². The summed E-state index contributed by atoms with van der Waals surface area (Å²) in [5.41, 5.74) is 0.396. The molecular weight excluding hydrogens is 403 g/mol. The third-order valence-corrected chi connectivity index (χ3v) is 3.06. The summed E-state index contributed by atoms with van der Waals surface area (Å²) in [4.78, 5) is 22.0. The van der Waals surface area contributed by atoms with E-state index in [9.17, 15) is 9.59 Å². The first-order valence-corrected chi connectivity index (χ1v) is 6.68. The van der Waals surface area contributed by atoms with Gasteiger partial charge in [0.25, 0.3) is 0 Å². The number of benzene rings is 1. The van der Waals surface area contributed by atoms with Crippen LogP contribution in [-0.2, 0) is 9.53 Å². The molecule has 1 aromatic carbocycles. The van der Waals surface area contributed by atoms with E-state index < -0.39 is 5.97 Å². The second-order valence-electron chi connectivity index (χ2n) is 3.02. The van der Waals surface area contributed by atoms with E-state index in [2.05, 4.69) is 15.9 Å². The van der Waals surface area contributed by atoms with Crippen LogP contribution in [0.3, 0.4) is 0 Å². The van der Waals surface area contributed by atoms with Gasteiger partial charge in [-0.05, 0) is 41.6 Å². The highest BCUT2D eigenvalue weighted by Crippen LogP contribution is 2.28. The second kappa shape index (κ2) is 6.95. The largest absolute Gasteiger partial charge is 0.480 e. The van der Waals surface area contributed by atoms with Crippen LogP contribution in [0.2, 0.25) is 0 Å². The van der Waals surface area contributed by atoms with Crippen molar-refractivity contribution in [3.05, 3.63) is 25.7 Å². The minimum atomic E-state index is -0.455. The molecule has 92 valence electrons. The molecule has 0 N–H and O–H groups in total. The molecule has 4 nitrogen and oxygen atoms in total. The van der Waals surface area contributed by atoms with Crippen molar-refractivity contribution in [3.63, 3.8) is 0 Å². The molecule has 0 aromatic heterocycles. The molecule has 6 heteroatoms. The van der Waals surface area contributed by atoms with Gasteiger partial charge in [0.05, 0.1) is 15.7 Å². The van der Waals surface area contributed by atoms with E-state index in [1.165, 1.54) is 0 Å². The summed E-state index contributed by atoms with van der Waals surface area (Å²) in [6.07, 6.45) is 0.688. The van der Waals surface area contributed by atoms with E-state index in [0.29, 0.717) is 24.2 Å². The summed E-state index contributed by atoms with van der Waals surface area (Å²) in [6.45, 7) is 1.82. The molecule has 0 aliphatic carbocycles. The summed E-state index contributed by atoms with van der Waals surface area (Å²) in [5, 5.41) is 0. The fourth-order valence-electron chi connectivity index (χ4n) is 1.15. The van der Waals surface area contributed by atoms with Crippen LogP contribution in [0, 0.1) is 3.57 Å². The van der Waals surface area contributed by atoms with Crippen molar-refractivity contribution in [2.75, 3.05) is 13.2 Å². The molecule has 0 fully saturated rings. The summed E-state index contributed by atoms with van der Waals surface area (Å²) < 4.78 is 11.6. The zero-order chi connectivity index (χ0) is 12.8. The van der Waals surface area contributed by atoms with Gasteiger partial charge < -0.3 is 9.47 Å². The van der Waals surface area contributed by atoms with Crippen molar-refractivity contribution in [2.45, 2.75) is 6.92 Å². The van der Waals surface area contributed by atoms with Crippen molar-refractivity contribution in [1.82, 2.24) is 0 Å². The fourth-order valence-corrected chi connectivity index (χ4v) is 2.86. The predicted octanol–water partition coefficient (Wildman–Crippen LogP) is 2.81. The first-order chi connectivity index (χ1) is 8.08. The molecule has 0 amide bonds. The molecule has 0 atom stereocenters. The van der Waals surface area contributed by atoms with Gasteiger partial charge in [-0.1, -0.05) is 15.9 Å². The molecular formula is C11H10BrIO4. The predicted molar refractivity (Wildman–Crippen MR) is 74.4 cm³/mol. The SMILES string of the molecule is CCOC(=O)COc1c(I)cc(Br)cc1C=O. The van der Waals surface area contributed by atoms with Gasteiger partial charge in [-0.2, -0.15) is 0 Å². The Morgan fingerprint density at radius 2 is 2.24 bits per heavy atom. The van der Waals surface area contributed by atoms with Crippen molar-refractivity contribution in [1.29, 1.82) is 0 Å². The highest BCUT2D eigenvalue weighted by molar-refractivity contribution is 14.1. The van der Waals surface area contributed by atoms with Crippen molar-refractivity contribution < 1.29 is 19.1 Å². The second-order valence-corrected chi connectivity index (χ2v) is 5.10. The van der Waals surface area contributed by atoms with Crippen LogP contribution in [0.1, 0.15) is 17.3 Å². The number of hydrogen-bond donors (Lipinski definition) is 0. The average Bonchev–Trinajstić information content (AvgIpc) is 2.27. The Hall–Kier alpha value is -0.630. The minimum absolute atomic E-state index is 0.202. The summed E-state index contributed by atoms with van der Waals surface area (Å²) in [7, 11) is 0. The maximum absolute atomic E-state index is 11.1. The molecule has 0 aliphatic rings. The van der Waals surface area contributed by atoms with Gasteiger partial charge >= 0.3 is 5.97 Å². The van der Waals surface area contributed by atoms with Gasteiger partial charge in [-0.3, -0.25) is 4.79 Å². The summed E-state index contributed by atoms with van der Waals surface area (Å²) >= 11 is 5.32. The third kappa shape index (κ3) is 4.27. The number of halogens is 2. The van der Waals surface area contributed by atoms with Crippen LogP contribution in [0.4, 0.5) is 0 Å². The van der Waals surface area contributed by atoms with Crippen LogP contribution in [-0.4, -0.2) is 25.5 Å². The molecule has 0 heterocycles. The fraction of sp³-hybridized carbons (Fsp3) is 0.273. The van der Waals surface area contributed by atoms with Gasteiger partial charge in [0.1, 0.15) is 5.75 Å². The van der Waals surface area contributed by atoms with Crippen LogP contribution in [0.25, 0.3) is 0 Å². The van der Waals surface area contributed by atoms with E-state index in [-0.39, 0.29) is 6.61 Å². The Bertz CT molecular complexity index is 434. The molecule has 0 saturated heterocycles. The van der Waals surface area contributed by atoms with Gasteiger partial charge in [0.2, 0.25) is 0 Å². The van der Waals surface area contributed by atoms with E-state index in [1.54, 1.807) is 19.1 Å². The maximum atomic E-state index is 11.1. The molecule has 0 spiro atoms. The normalized spacial score (nSPS) is 9.82. The zero-order valence-corrected chi connectivity index (χ0v) is 12.8. The van der Waals surface area contributed by atoms with Crippen molar-refractivity contribution in [3.8, 4) is 5.75 Å². The quantitative estimate of drug-likeness (QED) is 0.424. The summed E-state index contributed by atoms with van der Waals surface area (Å²) in [5.74, 6) is -0.0556. The minimum Gasteiger partial charge on any atom is -0.480 e. The molecule has 0 saturated carbocycles. The Kier molecular flexibility index (Phi) is 5.90. The topological polar surface area (TPSA) is 52.6 Å². The van der Waals surface area contributed by atoms with Crippen LogP contribution in [0.5, 0.6) is 5.75 Å². The maximum Gasteiger partial charge on any atom is 0.344 e. The lowest BCUT2D eigenvalue weighted by Gasteiger charge is -2.10. The Balaban J connectivity index is 2.83. The Morgan fingerprint density at radius 3 is 2.82 bits per heavy atom. The van der Waals surface area contributed by atoms with Crippen molar-refractivity contribution >= 4 is 50.8 Å². The number of ether oxygens (including phenoxy) is 2. The number of hydrogen-bond acceptors (Lipinski definition) is 4. The van der Waals surface area contributed by atoms with Crippen LogP contribution < -0.4 is 4.74 Å². The standard InChI is InChI=1S/C11H10BrIO4/c1-2-16-10(15)6-17-11-7(5-14)3-8(12)4-9(11)13/h3-5H,2,6H2,1H3. The smallest absolute Gasteiger partial charge is 0.344 e. The molecule has 1 rings (SSSR count). The number of carbonyl (C=O) groups is 2. The molecule has 0 aliphatic heterocycles. The number of esters is 1. The third-order valence-electron chi connectivity index (χ3n) is 1.80. The first-order valence-electron chi connectivity index (χ1n) is 4.81. The van der Waals surface area contributed by atoms with Gasteiger partial charge in [-0.15, -0.1) is 0 Å². The van der Waals surface area contributed by atoms with E-state index in [0.717, 1.165) is 8.04 Å². The van der Waals surface area contributed by atoms with Crippen LogP contribution in [0.15, 0.2) is 16.6 Å². The van der Waals surface area contributed by atoms with E-state index in [1.807, 2.05) is 22.6 Å². The molecule has 0 bridgehead atoms. The van der Waals surface area contributed by atoms with E-state index >= 15 is 0 Å². The monoisotopic (exact) mass is 412 g/mol. The number of rotatable bonds is 5. The van der Waals surface area contributed by atoms with Crippen molar-refractivity contribution in [2.24, 2.45) is 0 Å². The molecule has 17 heavy (non-hydrogen) atoms. The van der Waals surface area contributed by atoms with E-state index in [4.69, 9.17) is 9.47 Å². The highest BCUT2D eigenvalue weighted by atomic mass is 127. The lowest BCUT2D eigenvalue weighted by atomic mass is 10.2. The zero-order valence-electron chi connectivity index (χ0n) is 9.04. The lowest BCUT2D eigenvalue weighted by Crippen LogP contribution is -2.15. The average molecular weight is 413 g/mol. The van der Waals surface area contributed by atoms with Gasteiger partial charge in [-0.25, -0.2) is 4.79 Å². The molecule has 0 radical (unpaired) electrons. The number of aldehydes is 1. The Labute approximate surface area is 121 Å². The molecule has 0 unspecified atom stereocenters. The first kappa shape index (κ1) is 14.4. The van der Waals surface area contributed by atoms with Gasteiger partial charge in [0.15, 0.2) is 12.9 Å². The number of carbonyl (C=O) groups excluding carboxylic acids is 2. The summed E-state index contributed by atoms with van der Waals surface area (Å²) in [6, 6.07) is 3.43. The highest BCUT2D eigenvalue weighted by Gasteiger charge is 2.12.